The number of aliphatic hydroxyl groups is 1. The van der Waals surface area contributed by atoms with Gasteiger partial charge in [-0.2, -0.15) is 0 Å². The summed E-state index contributed by atoms with van der Waals surface area (Å²) in [7, 11) is 0. The van der Waals surface area contributed by atoms with Crippen LogP contribution in [0.2, 0.25) is 0 Å². The Bertz CT molecular complexity index is 495. The first-order valence-corrected chi connectivity index (χ1v) is 5.56. The van der Waals surface area contributed by atoms with Crippen LogP contribution in [0.4, 0.5) is 5.82 Å². The summed E-state index contributed by atoms with van der Waals surface area (Å²) in [4.78, 5) is 10.6. The molecule has 0 unspecified atom stereocenters. The molecule has 1 aliphatic rings. The summed E-state index contributed by atoms with van der Waals surface area (Å²) in [5, 5.41) is 9.34. The molecule has 0 spiro atoms. The van der Waals surface area contributed by atoms with Crippen LogP contribution < -0.4 is 4.90 Å². The molecule has 0 aliphatic carbocycles. The van der Waals surface area contributed by atoms with E-state index in [-0.39, 0.29) is 12.6 Å². The molecule has 3 heterocycles. The molecule has 1 fully saturated rings. The lowest BCUT2D eigenvalue weighted by atomic mass is 10.2. The number of imidazole rings is 1. The number of nitrogens with zero attached hydrogens (tertiary/aromatic N) is 4. The second-order valence-corrected chi connectivity index (χ2v) is 4.07. The van der Waals surface area contributed by atoms with Crippen LogP contribution in [-0.4, -0.2) is 38.7 Å². The molecule has 0 bridgehead atoms. The summed E-state index contributed by atoms with van der Waals surface area (Å²) in [6.07, 6.45) is 7.60. The zero-order valence-electron chi connectivity index (χ0n) is 8.95. The summed E-state index contributed by atoms with van der Waals surface area (Å²) in [5.74, 6) is 1.78. The number of hydrogen-bond acceptors (Lipinski definition) is 4. The van der Waals surface area contributed by atoms with Crippen LogP contribution in [0.15, 0.2) is 24.7 Å². The van der Waals surface area contributed by atoms with Crippen LogP contribution in [0, 0.1) is 0 Å². The van der Waals surface area contributed by atoms with Crippen molar-refractivity contribution in [1.82, 2.24) is 14.4 Å². The number of anilines is 1. The Labute approximate surface area is 93.4 Å². The van der Waals surface area contributed by atoms with Crippen molar-refractivity contribution in [2.45, 2.75) is 18.9 Å². The quantitative estimate of drug-likeness (QED) is 0.805. The molecule has 0 saturated carbocycles. The number of aliphatic hydroxyl groups excluding tert-OH is 1. The molecule has 0 amide bonds. The second kappa shape index (κ2) is 3.75. The summed E-state index contributed by atoms with van der Waals surface area (Å²) in [6.45, 7) is 1.20. The average Bonchev–Trinajstić information content (AvgIpc) is 2.96. The predicted molar refractivity (Wildman–Crippen MR) is 60.4 cm³/mol. The molecule has 2 aromatic rings. The third-order valence-electron chi connectivity index (χ3n) is 3.16. The van der Waals surface area contributed by atoms with E-state index in [1.165, 1.54) is 0 Å². The molecular weight excluding hydrogens is 204 g/mol. The van der Waals surface area contributed by atoms with E-state index < -0.39 is 0 Å². The normalized spacial score (nSPS) is 20.8. The number of rotatable bonds is 2. The molecule has 16 heavy (non-hydrogen) atoms. The maximum Gasteiger partial charge on any atom is 0.235 e. The standard InChI is InChI=1S/C11H14N4O/c16-8-9-2-1-6-14(9)10-3-4-12-11-13-5-7-15(10)11/h3-5,7,9,16H,1-2,6,8H2/t9-/m1/s1. The Balaban J connectivity index is 2.07. The van der Waals surface area contributed by atoms with E-state index in [2.05, 4.69) is 14.9 Å². The minimum atomic E-state index is 0.207. The first-order valence-electron chi connectivity index (χ1n) is 5.56. The number of aromatic nitrogens is 3. The highest BCUT2D eigenvalue weighted by atomic mass is 16.3. The molecule has 1 N–H and O–H groups in total. The molecule has 5 nitrogen and oxygen atoms in total. The minimum absolute atomic E-state index is 0.207. The molecule has 3 rings (SSSR count). The van der Waals surface area contributed by atoms with Crippen molar-refractivity contribution >= 4 is 11.6 Å². The third kappa shape index (κ3) is 1.36. The number of fused-ring (bicyclic) bond motifs is 1. The van der Waals surface area contributed by atoms with Crippen molar-refractivity contribution in [1.29, 1.82) is 0 Å². The zero-order valence-corrected chi connectivity index (χ0v) is 8.95. The third-order valence-corrected chi connectivity index (χ3v) is 3.16. The lowest BCUT2D eigenvalue weighted by Gasteiger charge is -2.25. The highest BCUT2D eigenvalue weighted by Crippen LogP contribution is 2.25. The van der Waals surface area contributed by atoms with Gasteiger partial charge >= 0.3 is 0 Å². The maximum absolute atomic E-state index is 9.34. The van der Waals surface area contributed by atoms with Gasteiger partial charge < -0.3 is 10.0 Å². The molecule has 1 atom stereocenters. The van der Waals surface area contributed by atoms with Crippen molar-refractivity contribution in [3.63, 3.8) is 0 Å². The molecule has 2 aromatic heterocycles. The monoisotopic (exact) mass is 218 g/mol. The Kier molecular flexibility index (Phi) is 2.25. The molecule has 1 aliphatic heterocycles. The van der Waals surface area contributed by atoms with Crippen molar-refractivity contribution in [3.05, 3.63) is 24.7 Å². The van der Waals surface area contributed by atoms with E-state index >= 15 is 0 Å². The smallest absolute Gasteiger partial charge is 0.235 e. The Morgan fingerprint density at radius 2 is 2.25 bits per heavy atom. The molecule has 0 radical (unpaired) electrons. The predicted octanol–water partition coefficient (Wildman–Crippen LogP) is 0.690. The fourth-order valence-electron chi connectivity index (χ4n) is 2.38. The van der Waals surface area contributed by atoms with Gasteiger partial charge in [0.05, 0.1) is 12.6 Å². The van der Waals surface area contributed by atoms with Crippen molar-refractivity contribution in [3.8, 4) is 0 Å². The summed E-state index contributed by atoms with van der Waals surface area (Å²) in [6, 6.07) is 2.20. The summed E-state index contributed by atoms with van der Waals surface area (Å²) >= 11 is 0. The van der Waals surface area contributed by atoms with Crippen LogP contribution in [0.3, 0.4) is 0 Å². The van der Waals surface area contributed by atoms with Gasteiger partial charge in [0.25, 0.3) is 0 Å². The van der Waals surface area contributed by atoms with Gasteiger partial charge in [0.1, 0.15) is 5.82 Å². The van der Waals surface area contributed by atoms with Crippen molar-refractivity contribution in [2.24, 2.45) is 0 Å². The summed E-state index contributed by atoms with van der Waals surface area (Å²) < 4.78 is 1.97. The first-order chi connectivity index (χ1) is 7.90. The van der Waals surface area contributed by atoms with E-state index in [1.807, 2.05) is 16.7 Å². The van der Waals surface area contributed by atoms with Crippen molar-refractivity contribution in [2.75, 3.05) is 18.1 Å². The van der Waals surface area contributed by atoms with Gasteiger partial charge in [-0.05, 0) is 18.9 Å². The summed E-state index contributed by atoms with van der Waals surface area (Å²) in [5.41, 5.74) is 0. The van der Waals surface area contributed by atoms with Gasteiger partial charge in [0.2, 0.25) is 5.78 Å². The second-order valence-electron chi connectivity index (χ2n) is 4.07. The van der Waals surface area contributed by atoms with Gasteiger partial charge in [-0.3, -0.25) is 4.40 Å². The Morgan fingerprint density at radius 1 is 1.38 bits per heavy atom. The largest absolute Gasteiger partial charge is 0.394 e. The minimum Gasteiger partial charge on any atom is -0.394 e. The molecule has 0 aromatic carbocycles. The van der Waals surface area contributed by atoms with E-state index in [0.29, 0.717) is 5.78 Å². The van der Waals surface area contributed by atoms with E-state index in [1.54, 1.807) is 12.4 Å². The van der Waals surface area contributed by atoms with Crippen LogP contribution >= 0.6 is 0 Å². The SMILES string of the molecule is OC[C@H]1CCCN1c1ccnc2nccn12. The zero-order chi connectivity index (χ0) is 11.0. The fraction of sp³-hybridized carbons (Fsp3) is 0.455. The van der Waals surface area contributed by atoms with Gasteiger partial charge in [-0.1, -0.05) is 0 Å². The molecular formula is C11H14N4O. The van der Waals surface area contributed by atoms with Crippen LogP contribution in [-0.2, 0) is 0 Å². The van der Waals surface area contributed by atoms with Crippen LogP contribution in [0.1, 0.15) is 12.8 Å². The lowest BCUT2D eigenvalue weighted by molar-refractivity contribution is 0.266. The molecule has 5 heteroatoms. The highest BCUT2D eigenvalue weighted by molar-refractivity contribution is 5.48. The Morgan fingerprint density at radius 3 is 3.12 bits per heavy atom. The van der Waals surface area contributed by atoms with E-state index in [9.17, 15) is 5.11 Å². The average molecular weight is 218 g/mol. The number of hydrogen-bond donors (Lipinski definition) is 1. The maximum atomic E-state index is 9.34. The fourth-order valence-corrected chi connectivity index (χ4v) is 2.38. The topological polar surface area (TPSA) is 53.7 Å². The van der Waals surface area contributed by atoms with Crippen LogP contribution in [0.5, 0.6) is 0 Å². The van der Waals surface area contributed by atoms with Gasteiger partial charge in [-0.15, -0.1) is 0 Å². The highest BCUT2D eigenvalue weighted by Gasteiger charge is 2.25. The van der Waals surface area contributed by atoms with Gasteiger partial charge in [0.15, 0.2) is 0 Å². The van der Waals surface area contributed by atoms with Gasteiger partial charge in [0, 0.05) is 25.1 Å². The Hall–Kier alpha value is -1.62. The molecule has 84 valence electrons. The molecule has 1 saturated heterocycles. The lowest BCUT2D eigenvalue weighted by Crippen LogP contribution is -2.33. The van der Waals surface area contributed by atoms with E-state index in [0.717, 1.165) is 25.2 Å². The van der Waals surface area contributed by atoms with Crippen molar-refractivity contribution < 1.29 is 5.11 Å². The van der Waals surface area contributed by atoms with Crippen LogP contribution in [0.25, 0.3) is 5.78 Å². The first kappa shape index (κ1) is 9.59. The van der Waals surface area contributed by atoms with Gasteiger partial charge in [-0.25, -0.2) is 9.97 Å². The van der Waals surface area contributed by atoms with E-state index in [4.69, 9.17) is 0 Å².